The molecule has 0 radical (unpaired) electrons. The standard InChI is InChI=1S/C20H24N2O4/c1-12-7-13(2)17-15(9-25-18(17)14(12)3)8-16(23)22-6-5-20(11-22)10-21(4)19(24)26-20/h7,9H,5-6,8,10-11H2,1-4H3. The van der Waals surface area contributed by atoms with E-state index in [1.165, 1.54) is 5.56 Å². The fraction of sp³-hybridized carbons (Fsp3) is 0.500. The molecule has 0 saturated carbocycles. The first-order valence-electron chi connectivity index (χ1n) is 8.98. The van der Waals surface area contributed by atoms with Gasteiger partial charge in [-0.05, 0) is 37.5 Å². The molecule has 26 heavy (non-hydrogen) atoms. The number of benzene rings is 1. The van der Waals surface area contributed by atoms with Crippen molar-refractivity contribution in [3.8, 4) is 0 Å². The molecule has 1 aromatic heterocycles. The molecule has 2 aliphatic rings. The molecule has 0 N–H and O–H groups in total. The summed E-state index contributed by atoms with van der Waals surface area (Å²) in [5.41, 5.74) is 4.69. The number of rotatable bonds is 2. The van der Waals surface area contributed by atoms with E-state index in [9.17, 15) is 9.59 Å². The van der Waals surface area contributed by atoms with Crippen molar-refractivity contribution in [2.24, 2.45) is 0 Å². The quantitative estimate of drug-likeness (QED) is 0.830. The van der Waals surface area contributed by atoms with Gasteiger partial charge in [-0.15, -0.1) is 0 Å². The summed E-state index contributed by atoms with van der Waals surface area (Å²) in [5, 5.41) is 1.04. The molecular weight excluding hydrogens is 332 g/mol. The van der Waals surface area contributed by atoms with Gasteiger partial charge in [-0.2, -0.15) is 0 Å². The van der Waals surface area contributed by atoms with Crippen LogP contribution < -0.4 is 0 Å². The van der Waals surface area contributed by atoms with Gasteiger partial charge in [-0.25, -0.2) is 4.79 Å². The zero-order valence-electron chi connectivity index (χ0n) is 15.7. The third-order valence-electron chi connectivity index (χ3n) is 5.78. The maximum Gasteiger partial charge on any atom is 0.410 e. The van der Waals surface area contributed by atoms with Crippen molar-refractivity contribution in [2.75, 3.05) is 26.7 Å². The fourth-order valence-electron chi connectivity index (χ4n) is 4.25. The molecule has 1 atom stereocenters. The first-order chi connectivity index (χ1) is 12.3. The summed E-state index contributed by atoms with van der Waals surface area (Å²) in [5.74, 6) is 0.0489. The first kappa shape index (κ1) is 16.9. The van der Waals surface area contributed by atoms with Gasteiger partial charge >= 0.3 is 6.09 Å². The molecule has 1 unspecified atom stereocenters. The van der Waals surface area contributed by atoms with Crippen LogP contribution in [0.15, 0.2) is 16.7 Å². The summed E-state index contributed by atoms with van der Waals surface area (Å²) >= 11 is 0. The van der Waals surface area contributed by atoms with Gasteiger partial charge in [0, 0.05) is 31.0 Å². The SMILES string of the molecule is Cc1cc(C)c2c(CC(=O)N3CCC4(CN(C)C(=O)O4)C3)coc2c1C. The number of carbonyl (C=O) groups is 2. The average molecular weight is 356 g/mol. The van der Waals surface area contributed by atoms with Crippen LogP contribution in [-0.2, 0) is 16.0 Å². The molecular formula is C20H24N2O4. The van der Waals surface area contributed by atoms with Gasteiger partial charge in [-0.3, -0.25) is 4.79 Å². The van der Waals surface area contributed by atoms with Crippen LogP contribution in [-0.4, -0.2) is 54.1 Å². The van der Waals surface area contributed by atoms with Crippen LogP contribution in [0.2, 0.25) is 0 Å². The minimum Gasteiger partial charge on any atom is -0.464 e. The highest BCUT2D eigenvalue weighted by Gasteiger charge is 2.49. The van der Waals surface area contributed by atoms with Gasteiger partial charge in [-0.1, -0.05) is 6.07 Å². The number of furan rings is 1. The van der Waals surface area contributed by atoms with Crippen molar-refractivity contribution in [1.82, 2.24) is 9.80 Å². The number of fused-ring (bicyclic) bond motifs is 1. The molecule has 0 aliphatic carbocycles. The Morgan fingerprint density at radius 1 is 1.23 bits per heavy atom. The summed E-state index contributed by atoms with van der Waals surface area (Å²) < 4.78 is 11.3. The molecule has 3 heterocycles. The molecule has 6 heteroatoms. The van der Waals surface area contributed by atoms with Crippen molar-refractivity contribution in [1.29, 1.82) is 0 Å². The molecule has 6 nitrogen and oxygen atoms in total. The highest BCUT2D eigenvalue weighted by atomic mass is 16.6. The number of aryl methyl sites for hydroxylation is 3. The summed E-state index contributed by atoms with van der Waals surface area (Å²) in [6.07, 6.45) is 2.40. The van der Waals surface area contributed by atoms with Crippen molar-refractivity contribution in [3.63, 3.8) is 0 Å². The number of amides is 2. The highest BCUT2D eigenvalue weighted by molar-refractivity contribution is 5.92. The lowest BCUT2D eigenvalue weighted by atomic mass is 9.99. The van der Waals surface area contributed by atoms with Crippen molar-refractivity contribution >= 4 is 23.0 Å². The normalized spacial score (nSPS) is 22.7. The maximum atomic E-state index is 12.9. The van der Waals surface area contributed by atoms with Gasteiger partial charge < -0.3 is 19.0 Å². The summed E-state index contributed by atoms with van der Waals surface area (Å²) in [7, 11) is 1.73. The van der Waals surface area contributed by atoms with E-state index in [-0.39, 0.29) is 12.0 Å². The molecule has 2 aliphatic heterocycles. The van der Waals surface area contributed by atoms with Gasteiger partial charge in [0.25, 0.3) is 0 Å². The number of ether oxygens (including phenoxy) is 1. The van der Waals surface area contributed by atoms with E-state index in [4.69, 9.17) is 9.15 Å². The maximum absolute atomic E-state index is 12.9. The first-order valence-corrected chi connectivity index (χ1v) is 8.98. The van der Waals surface area contributed by atoms with Gasteiger partial charge in [0.15, 0.2) is 5.60 Å². The fourth-order valence-corrected chi connectivity index (χ4v) is 4.25. The van der Waals surface area contributed by atoms with Gasteiger partial charge in [0.1, 0.15) is 5.58 Å². The number of carbonyl (C=O) groups excluding carboxylic acids is 2. The topological polar surface area (TPSA) is 63.0 Å². The van der Waals surface area contributed by atoms with E-state index >= 15 is 0 Å². The predicted molar refractivity (Wildman–Crippen MR) is 97.2 cm³/mol. The Morgan fingerprint density at radius 2 is 2.00 bits per heavy atom. The van der Waals surface area contributed by atoms with E-state index in [0.29, 0.717) is 32.5 Å². The Balaban J connectivity index is 1.54. The van der Waals surface area contributed by atoms with Crippen LogP contribution in [0.1, 0.15) is 28.7 Å². The molecule has 2 amide bonds. The Morgan fingerprint density at radius 3 is 2.69 bits per heavy atom. The lowest BCUT2D eigenvalue weighted by Gasteiger charge is -2.21. The molecule has 0 bridgehead atoms. The molecule has 1 spiro atoms. The summed E-state index contributed by atoms with van der Waals surface area (Å²) in [6, 6.07) is 2.14. The molecule has 2 fully saturated rings. The zero-order chi connectivity index (χ0) is 18.6. The van der Waals surface area contributed by atoms with Gasteiger partial charge in [0.2, 0.25) is 5.91 Å². The van der Waals surface area contributed by atoms with E-state index in [1.54, 1.807) is 18.2 Å². The zero-order valence-corrected chi connectivity index (χ0v) is 15.7. The van der Waals surface area contributed by atoms with Crippen LogP contribution >= 0.6 is 0 Å². The third-order valence-corrected chi connectivity index (χ3v) is 5.78. The largest absolute Gasteiger partial charge is 0.464 e. The van der Waals surface area contributed by atoms with Crippen LogP contribution in [0, 0.1) is 20.8 Å². The lowest BCUT2D eigenvalue weighted by Crippen LogP contribution is -2.39. The summed E-state index contributed by atoms with van der Waals surface area (Å²) in [4.78, 5) is 27.9. The predicted octanol–water partition coefficient (Wildman–Crippen LogP) is 2.95. The number of hydrogen-bond acceptors (Lipinski definition) is 4. The highest BCUT2D eigenvalue weighted by Crippen LogP contribution is 2.33. The molecule has 1 aromatic carbocycles. The Hall–Kier alpha value is -2.50. The van der Waals surface area contributed by atoms with Crippen molar-refractivity contribution in [3.05, 3.63) is 34.6 Å². The van der Waals surface area contributed by atoms with Gasteiger partial charge in [0.05, 0.1) is 25.8 Å². The van der Waals surface area contributed by atoms with Crippen molar-refractivity contribution < 1.29 is 18.7 Å². The second-order valence-electron chi connectivity index (χ2n) is 7.75. The average Bonchev–Trinajstić information content (AvgIpc) is 3.24. The Labute approximate surface area is 152 Å². The third kappa shape index (κ3) is 2.55. The molecule has 2 saturated heterocycles. The minimum atomic E-state index is -0.538. The molecule has 2 aromatic rings. The number of likely N-dealkylation sites (tertiary alicyclic amines) is 1. The smallest absolute Gasteiger partial charge is 0.410 e. The van der Waals surface area contributed by atoms with Crippen molar-refractivity contribution in [2.45, 2.75) is 39.2 Å². The van der Waals surface area contributed by atoms with E-state index in [0.717, 1.165) is 27.7 Å². The number of nitrogens with zero attached hydrogens (tertiary/aromatic N) is 2. The molecule has 4 rings (SSSR count). The minimum absolute atomic E-state index is 0.0489. The van der Waals surface area contributed by atoms with Crippen LogP contribution in [0.25, 0.3) is 11.0 Å². The second kappa shape index (κ2) is 5.76. The van der Waals surface area contributed by atoms with E-state index in [1.807, 2.05) is 11.8 Å². The van der Waals surface area contributed by atoms with Crippen LogP contribution in [0.4, 0.5) is 4.79 Å². The number of likely N-dealkylation sites (N-methyl/N-ethyl adjacent to an activating group) is 1. The summed E-state index contributed by atoms with van der Waals surface area (Å²) in [6.45, 7) is 7.79. The second-order valence-corrected chi connectivity index (χ2v) is 7.75. The Bertz CT molecular complexity index is 916. The van der Waals surface area contributed by atoms with E-state index in [2.05, 4.69) is 19.9 Å². The number of hydrogen-bond donors (Lipinski definition) is 0. The van der Waals surface area contributed by atoms with Crippen LogP contribution in [0.3, 0.4) is 0 Å². The molecule has 138 valence electrons. The monoisotopic (exact) mass is 356 g/mol. The van der Waals surface area contributed by atoms with E-state index < -0.39 is 5.60 Å². The lowest BCUT2D eigenvalue weighted by molar-refractivity contribution is -0.130. The van der Waals surface area contributed by atoms with Crippen LogP contribution in [0.5, 0.6) is 0 Å². The Kier molecular flexibility index (Phi) is 3.75.